The van der Waals surface area contributed by atoms with E-state index in [4.69, 9.17) is 4.74 Å². The van der Waals surface area contributed by atoms with E-state index in [-0.39, 0.29) is 5.60 Å². The maximum atomic E-state index is 5.83. The molecule has 0 N–H and O–H groups in total. The molecule has 0 amide bonds. The Balaban J connectivity index is 3.70. The molecule has 12 heavy (non-hydrogen) atoms. The van der Waals surface area contributed by atoms with Gasteiger partial charge in [-0.15, -0.1) is 0 Å². The summed E-state index contributed by atoms with van der Waals surface area (Å²) in [6, 6.07) is 0. The minimum Gasteiger partial charge on any atom is -0.375 e. The molecule has 0 aliphatic rings. The smallest absolute Gasteiger partial charge is 0.0651 e. The Morgan fingerprint density at radius 2 is 1.75 bits per heavy atom. The van der Waals surface area contributed by atoms with Crippen LogP contribution in [0.2, 0.25) is 0 Å². The van der Waals surface area contributed by atoms with Crippen LogP contribution in [0.1, 0.15) is 59.8 Å². The first-order chi connectivity index (χ1) is 5.68. The molecule has 0 saturated carbocycles. The van der Waals surface area contributed by atoms with Gasteiger partial charge in [-0.05, 0) is 26.2 Å². The van der Waals surface area contributed by atoms with E-state index in [0.29, 0.717) is 0 Å². The van der Waals surface area contributed by atoms with Gasteiger partial charge in [0.2, 0.25) is 0 Å². The Hall–Kier alpha value is -0.0400. The molecule has 0 bridgehead atoms. The van der Waals surface area contributed by atoms with Gasteiger partial charge in [0.15, 0.2) is 0 Å². The fourth-order valence-corrected chi connectivity index (χ4v) is 1.25. The molecule has 1 unspecified atom stereocenters. The minimum absolute atomic E-state index is 0.145. The summed E-state index contributed by atoms with van der Waals surface area (Å²) in [7, 11) is 0. The van der Waals surface area contributed by atoms with Crippen molar-refractivity contribution in [2.45, 2.75) is 65.4 Å². The maximum absolute atomic E-state index is 5.83. The third kappa shape index (κ3) is 4.76. The SMILES string of the molecule is CCCCC(C)(CC)OCCC. The first-order valence-corrected chi connectivity index (χ1v) is 5.32. The summed E-state index contributed by atoms with van der Waals surface area (Å²) in [5, 5.41) is 0. The van der Waals surface area contributed by atoms with Gasteiger partial charge in [0.05, 0.1) is 5.60 Å². The minimum atomic E-state index is 0.145. The first-order valence-electron chi connectivity index (χ1n) is 5.32. The average molecular weight is 172 g/mol. The first kappa shape index (κ1) is 12.0. The van der Waals surface area contributed by atoms with Gasteiger partial charge >= 0.3 is 0 Å². The highest BCUT2D eigenvalue weighted by Crippen LogP contribution is 2.22. The largest absolute Gasteiger partial charge is 0.375 e. The van der Waals surface area contributed by atoms with Crippen molar-refractivity contribution in [1.82, 2.24) is 0 Å². The Morgan fingerprint density at radius 1 is 1.08 bits per heavy atom. The predicted molar refractivity (Wildman–Crippen MR) is 54.5 cm³/mol. The van der Waals surface area contributed by atoms with Crippen LogP contribution in [0.5, 0.6) is 0 Å². The van der Waals surface area contributed by atoms with Crippen molar-refractivity contribution in [2.24, 2.45) is 0 Å². The topological polar surface area (TPSA) is 9.23 Å². The van der Waals surface area contributed by atoms with Crippen molar-refractivity contribution >= 4 is 0 Å². The molecule has 1 heteroatoms. The third-order valence-corrected chi connectivity index (χ3v) is 2.46. The van der Waals surface area contributed by atoms with E-state index in [1.165, 1.54) is 19.3 Å². The molecule has 0 aromatic carbocycles. The standard InChI is InChI=1S/C11H24O/c1-5-8-9-11(4,7-3)12-10-6-2/h5-10H2,1-4H3. The van der Waals surface area contributed by atoms with Gasteiger partial charge in [-0.1, -0.05) is 33.6 Å². The molecule has 74 valence electrons. The average Bonchev–Trinajstić information content (AvgIpc) is 2.11. The molecule has 0 rings (SSSR count). The number of ether oxygens (including phenoxy) is 1. The van der Waals surface area contributed by atoms with E-state index < -0.39 is 0 Å². The van der Waals surface area contributed by atoms with Crippen LogP contribution >= 0.6 is 0 Å². The number of hydrogen-bond acceptors (Lipinski definition) is 1. The zero-order valence-electron chi connectivity index (χ0n) is 9.15. The summed E-state index contributed by atoms with van der Waals surface area (Å²) in [6.07, 6.45) is 6.02. The lowest BCUT2D eigenvalue weighted by atomic mass is 9.96. The Morgan fingerprint density at radius 3 is 2.17 bits per heavy atom. The summed E-state index contributed by atoms with van der Waals surface area (Å²) in [6.45, 7) is 9.75. The molecule has 0 heterocycles. The summed E-state index contributed by atoms with van der Waals surface area (Å²) in [5.74, 6) is 0. The van der Waals surface area contributed by atoms with E-state index in [1.807, 2.05) is 0 Å². The lowest BCUT2D eigenvalue weighted by Gasteiger charge is -2.28. The highest BCUT2D eigenvalue weighted by molar-refractivity contribution is 4.72. The molecule has 1 nitrogen and oxygen atoms in total. The van der Waals surface area contributed by atoms with Crippen LogP contribution in [-0.2, 0) is 4.74 Å². The normalized spacial score (nSPS) is 16.0. The second-order valence-electron chi connectivity index (χ2n) is 3.76. The summed E-state index contributed by atoms with van der Waals surface area (Å²) in [4.78, 5) is 0. The second-order valence-corrected chi connectivity index (χ2v) is 3.76. The zero-order valence-corrected chi connectivity index (χ0v) is 9.15. The van der Waals surface area contributed by atoms with E-state index in [1.54, 1.807) is 0 Å². The van der Waals surface area contributed by atoms with Crippen LogP contribution < -0.4 is 0 Å². The molecule has 0 saturated heterocycles. The van der Waals surface area contributed by atoms with Crippen LogP contribution in [0.25, 0.3) is 0 Å². The summed E-state index contributed by atoms with van der Waals surface area (Å²) < 4.78 is 5.83. The van der Waals surface area contributed by atoms with Crippen molar-refractivity contribution in [1.29, 1.82) is 0 Å². The highest BCUT2D eigenvalue weighted by Gasteiger charge is 2.20. The summed E-state index contributed by atoms with van der Waals surface area (Å²) >= 11 is 0. The molecule has 0 aliphatic heterocycles. The van der Waals surface area contributed by atoms with Gasteiger partial charge in [-0.25, -0.2) is 0 Å². The van der Waals surface area contributed by atoms with Crippen molar-refractivity contribution in [3.05, 3.63) is 0 Å². The van der Waals surface area contributed by atoms with E-state index in [2.05, 4.69) is 27.7 Å². The lowest BCUT2D eigenvalue weighted by molar-refractivity contribution is -0.0413. The van der Waals surface area contributed by atoms with Crippen LogP contribution in [0.4, 0.5) is 0 Å². The third-order valence-electron chi connectivity index (χ3n) is 2.46. The zero-order chi connectivity index (χ0) is 9.45. The molecule has 1 atom stereocenters. The molecular weight excluding hydrogens is 148 g/mol. The molecule has 0 aromatic heterocycles. The molecule has 0 spiro atoms. The number of rotatable bonds is 7. The van der Waals surface area contributed by atoms with E-state index in [9.17, 15) is 0 Å². The van der Waals surface area contributed by atoms with Crippen LogP contribution in [0.15, 0.2) is 0 Å². The van der Waals surface area contributed by atoms with Gasteiger partial charge in [-0.3, -0.25) is 0 Å². The van der Waals surface area contributed by atoms with Gasteiger partial charge in [0, 0.05) is 6.61 Å². The number of hydrogen-bond donors (Lipinski definition) is 0. The maximum Gasteiger partial charge on any atom is 0.0651 e. The second kappa shape index (κ2) is 6.47. The quantitative estimate of drug-likeness (QED) is 0.568. The Labute approximate surface area is 77.5 Å². The van der Waals surface area contributed by atoms with Crippen LogP contribution in [-0.4, -0.2) is 12.2 Å². The fourth-order valence-electron chi connectivity index (χ4n) is 1.25. The fraction of sp³-hybridized carbons (Fsp3) is 1.00. The molecular formula is C11H24O. The van der Waals surface area contributed by atoms with Crippen molar-refractivity contribution in [3.63, 3.8) is 0 Å². The van der Waals surface area contributed by atoms with E-state index in [0.717, 1.165) is 19.4 Å². The van der Waals surface area contributed by atoms with Crippen molar-refractivity contribution < 1.29 is 4.74 Å². The van der Waals surface area contributed by atoms with Gasteiger partial charge < -0.3 is 4.74 Å². The molecule has 0 aromatic rings. The molecule has 0 radical (unpaired) electrons. The van der Waals surface area contributed by atoms with Crippen LogP contribution in [0.3, 0.4) is 0 Å². The predicted octanol–water partition coefficient (Wildman–Crippen LogP) is 3.77. The van der Waals surface area contributed by atoms with E-state index >= 15 is 0 Å². The lowest BCUT2D eigenvalue weighted by Crippen LogP contribution is -2.28. The van der Waals surface area contributed by atoms with Crippen molar-refractivity contribution in [3.8, 4) is 0 Å². The highest BCUT2D eigenvalue weighted by atomic mass is 16.5. The molecule has 0 fully saturated rings. The summed E-state index contributed by atoms with van der Waals surface area (Å²) in [5.41, 5.74) is 0.145. The van der Waals surface area contributed by atoms with Crippen molar-refractivity contribution in [2.75, 3.05) is 6.61 Å². The Bertz CT molecular complexity index is 91.2. The Kier molecular flexibility index (Phi) is 6.45. The van der Waals surface area contributed by atoms with Gasteiger partial charge in [0.1, 0.15) is 0 Å². The van der Waals surface area contributed by atoms with Gasteiger partial charge in [-0.2, -0.15) is 0 Å². The monoisotopic (exact) mass is 172 g/mol. The molecule has 0 aliphatic carbocycles. The van der Waals surface area contributed by atoms with Crippen LogP contribution in [0, 0.1) is 0 Å². The number of unbranched alkanes of at least 4 members (excludes halogenated alkanes) is 1. The van der Waals surface area contributed by atoms with Gasteiger partial charge in [0.25, 0.3) is 0 Å².